The number of phenolic OH excluding ortho intramolecular Hbond substituents is 1. The summed E-state index contributed by atoms with van der Waals surface area (Å²) in [5, 5.41) is 9.13. The van der Waals surface area contributed by atoms with Gasteiger partial charge in [0, 0.05) is 6.21 Å². The van der Waals surface area contributed by atoms with Crippen molar-refractivity contribution < 1.29 is 13.5 Å². The molecule has 5 heteroatoms. The molecule has 2 aromatic carbocycles. The van der Waals surface area contributed by atoms with Crippen molar-refractivity contribution in [2.24, 2.45) is 4.40 Å². The highest BCUT2D eigenvalue weighted by molar-refractivity contribution is 7.90. The van der Waals surface area contributed by atoms with Crippen molar-refractivity contribution in [1.29, 1.82) is 0 Å². The first-order valence-corrected chi connectivity index (χ1v) is 7.07. The Morgan fingerprint density at radius 3 is 2.16 bits per heavy atom. The van der Waals surface area contributed by atoms with Gasteiger partial charge in [0.2, 0.25) is 0 Å². The first kappa shape index (κ1) is 13.3. The van der Waals surface area contributed by atoms with Crippen molar-refractivity contribution in [3.63, 3.8) is 0 Å². The summed E-state index contributed by atoms with van der Waals surface area (Å²) in [6.07, 6.45) is 1.26. The van der Waals surface area contributed by atoms with Crippen LogP contribution >= 0.6 is 0 Å². The molecular weight excluding hydrogens is 262 g/mol. The van der Waals surface area contributed by atoms with Crippen LogP contribution in [0, 0.1) is 6.92 Å². The zero-order chi connectivity index (χ0) is 13.9. The van der Waals surface area contributed by atoms with Gasteiger partial charge >= 0.3 is 0 Å². The molecule has 19 heavy (non-hydrogen) atoms. The third-order valence-electron chi connectivity index (χ3n) is 2.55. The first-order valence-electron chi connectivity index (χ1n) is 5.63. The minimum absolute atomic E-state index is 0.124. The van der Waals surface area contributed by atoms with E-state index in [1.165, 1.54) is 30.5 Å². The van der Waals surface area contributed by atoms with Gasteiger partial charge in [-0.2, -0.15) is 12.8 Å². The molecule has 2 aromatic rings. The maximum Gasteiger partial charge on any atom is 0.282 e. The number of rotatable bonds is 3. The summed E-state index contributed by atoms with van der Waals surface area (Å²) in [6.45, 7) is 1.89. The van der Waals surface area contributed by atoms with E-state index in [0.717, 1.165) is 5.56 Å². The average molecular weight is 275 g/mol. The van der Waals surface area contributed by atoms with Gasteiger partial charge in [0.25, 0.3) is 10.0 Å². The standard InChI is InChI=1S/C14H13NO3S/c1-11-2-8-14(9-3-11)19(17,18)15-10-12-4-6-13(16)7-5-12/h2-10,16H,1H3/b15-10-. The highest BCUT2D eigenvalue weighted by atomic mass is 32.2. The zero-order valence-corrected chi connectivity index (χ0v) is 11.1. The molecular formula is C14H13NO3S. The molecule has 0 spiro atoms. The molecule has 0 aliphatic rings. The van der Waals surface area contributed by atoms with Gasteiger partial charge in [-0.3, -0.25) is 0 Å². The zero-order valence-electron chi connectivity index (χ0n) is 10.3. The highest BCUT2D eigenvalue weighted by Crippen LogP contribution is 2.14. The Bertz CT molecular complexity index is 686. The molecule has 0 bridgehead atoms. The summed E-state index contributed by atoms with van der Waals surface area (Å²) in [5.74, 6) is 0.124. The van der Waals surface area contributed by atoms with Gasteiger partial charge in [-0.25, -0.2) is 0 Å². The number of hydrogen-bond acceptors (Lipinski definition) is 3. The van der Waals surface area contributed by atoms with Gasteiger partial charge in [0.05, 0.1) is 4.90 Å². The maximum absolute atomic E-state index is 11.9. The fourth-order valence-electron chi connectivity index (χ4n) is 1.46. The summed E-state index contributed by atoms with van der Waals surface area (Å²) >= 11 is 0. The summed E-state index contributed by atoms with van der Waals surface area (Å²) in [4.78, 5) is 0.160. The summed E-state index contributed by atoms with van der Waals surface area (Å²) < 4.78 is 27.5. The van der Waals surface area contributed by atoms with Gasteiger partial charge in [0.15, 0.2) is 0 Å². The SMILES string of the molecule is Cc1ccc(S(=O)(=O)/N=C\c2ccc(O)cc2)cc1. The van der Waals surface area contributed by atoms with Crippen molar-refractivity contribution in [2.45, 2.75) is 11.8 Å². The molecule has 0 saturated heterocycles. The fourth-order valence-corrected chi connectivity index (χ4v) is 2.32. The molecule has 0 radical (unpaired) electrons. The second-order valence-electron chi connectivity index (χ2n) is 4.11. The Kier molecular flexibility index (Phi) is 3.66. The van der Waals surface area contributed by atoms with Crippen molar-refractivity contribution in [1.82, 2.24) is 0 Å². The van der Waals surface area contributed by atoms with E-state index in [1.54, 1.807) is 24.3 Å². The van der Waals surface area contributed by atoms with Gasteiger partial charge in [-0.15, -0.1) is 0 Å². The Hall–Kier alpha value is -2.14. The number of nitrogens with zero attached hydrogens (tertiary/aromatic N) is 1. The number of sulfonamides is 1. The van der Waals surface area contributed by atoms with Crippen LogP contribution in [0.25, 0.3) is 0 Å². The van der Waals surface area contributed by atoms with Crippen LogP contribution in [0.2, 0.25) is 0 Å². The Morgan fingerprint density at radius 1 is 1.00 bits per heavy atom. The van der Waals surface area contributed by atoms with Gasteiger partial charge < -0.3 is 5.11 Å². The van der Waals surface area contributed by atoms with E-state index in [0.29, 0.717) is 5.56 Å². The van der Waals surface area contributed by atoms with Crippen LogP contribution in [0.1, 0.15) is 11.1 Å². The second-order valence-corrected chi connectivity index (χ2v) is 5.75. The largest absolute Gasteiger partial charge is 0.508 e. The normalized spacial score (nSPS) is 11.8. The Balaban J connectivity index is 2.26. The predicted molar refractivity (Wildman–Crippen MR) is 74.1 cm³/mol. The van der Waals surface area contributed by atoms with Crippen molar-refractivity contribution >= 4 is 16.2 Å². The third kappa shape index (κ3) is 3.42. The lowest BCUT2D eigenvalue weighted by atomic mass is 10.2. The molecule has 0 aromatic heterocycles. The van der Waals surface area contributed by atoms with E-state index in [2.05, 4.69) is 4.40 Å². The Morgan fingerprint density at radius 2 is 1.58 bits per heavy atom. The van der Waals surface area contributed by atoms with Gasteiger partial charge in [-0.1, -0.05) is 17.7 Å². The van der Waals surface area contributed by atoms with Crippen molar-refractivity contribution in [3.05, 3.63) is 59.7 Å². The van der Waals surface area contributed by atoms with Crippen LogP contribution < -0.4 is 0 Å². The number of aryl methyl sites for hydroxylation is 1. The van der Waals surface area contributed by atoms with Gasteiger partial charge in [0.1, 0.15) is 5.75 Å². The Labute approximate surface area is 112 Å². The minimum Gasteiger partial charge on any atom is -0.508 e. The molecule has 0 saturated carbocycles. The third-order valence-corrected chi connectivity index (χ3v) is 3.80. The summed E-state index contributed by atoms with van der Waals surface area (Å²) in [5.41, 5.74) is 1.59. The van der Waals surface area contributed by atoms with Crippen LogP contribution in [0.15, 0.2) is 57.8 Å². The first-order chi connectivity index (χ1) is 8.97. The topological polar surface area (TPSA) is 66.7 Å². The summed E-state index contributed by atoms with van der Waals surface area (Å²) in [6, 6.07) is 12.6. The van der Waals surface area contributed by atoms with E-state index >= 15 is 0 Å². The van der Waals surface area contributed by atoms with E-state index in [4.69, 9.17) is 5.11 Å². The average Bonchev–Trinajstić information content (AvgIpc) is 2.39. The molecule has 0 heterocycles. The van der Waals surface area contributed by atoms with Gasteiger partial charge in [-0.05, 0) is 48.9 Å². The minimum atomic E-state index is -3.68. The molecule has 0 aliphatic heterocycles. The molecule has 1 N–H and O–H groups in total. The van der Waals surface area contributed by atoms with Crippen LogP contribution in [0.5, 0.6) is 5.75 Å². The van der Waals surface area contributed by atoms with E-state index < -0.39 is 10.0 Å². The second kappa shape index (κ2) is 5.24. The number of hydrogen-bond donors (Lipinski definition) is 1. The number of aromatic hydroxyl groups is 1. The highest BCUT2D eigenvalue weighted by Gasteiger charge is 2.10. The quantitative estimate of drug-likeness (QED) is 0.875. The van der Waals surface area contributed by atoms with Crippen molar-refractivity contribution in [3.8, 4) is 5.75 Å². The van der Waals surface area contributed by atoms with Crippen LogP contribution in [0.4, 0.5) is 0 Å². The van der Waals surface area contributed by atoms with Crippen molar-refractivity contribution in [2.75, 3.05) is 0 Å². The molecule has 0 atom stereocenters. The lowest BCUT2D eigenvalue weighted by Crippen LogP contribution is -1.97. The predicted octanol–water partition coefficient (Wildman–Crippen LogP) is 2.51. The summed E-state index contributed by atoms with van der Waals surface area (Å²) in [7, 11) is -3.68. The van der Waals surface area contributed by atoms with Crippen LogP contribution in [0.3, 0.4) is 0 Å². The molecule has 4 nitrogen and oxygen atoms in total. The lowest BCUT2D eigenvalue weighted by Gasteiger charge is -1.99. The molecule has 98 valence electrons. The van der Waals surface area contributed by atoms with E-state index in [9.17, 15) is 8.42 Å². The lowest BCUT2D eigenvalue weighted by molar-refractivity contribution is 0.475. The van der Waals surface area contributed by atoms with E-state index in [1.807, 2.05) is 6.92 Å². The van der Waals surface area contributed by atoms with Crippen LogP contribution in [-0.4, -0.2) is 19.7 Å². The monoisotopic (exact) mass is 275 g/mol. The molecule has 0 unspecified atom stereocenters. The van der Waals surface area contributed by atoms with Crippen LogP contribution in [-0.2, 0) is 10.0 Å². The molecule has 0 amide bonds. The fraction of sp³-hybridized carbons (Fsp3) is 0.0714. The maximum atomic E-state index is 11.9. The number of phenols is 1. The van der Waals surface area contributed by atoms with E-state index in [-0.39, 0.29) is 10.6 Å². The number of benzene rings is 2. The molecule has 2 rings (SSSR count). The molecule has 0 fully saturated rings. The molecule has 0 aliphatic carbocycles. The smallest absolute Gasteiger partial charge is 0.282 e.